The van der Waals surface area contributed by atoms with E-state index in [9.17, 15) is 13.2 Å². The van der Waals surface area contributed by atoms with Crippen molar-refractivity contribution < 1.29 is 22.6 Å². The number of nitrogens with zero attached hydrogens (tertiary/aromatic N) is 5. The standard InChI is InChI=1S/C19H15F3N6O2S/c1-29-13-6-11(4-5-23-17-16-18(27-9-26-17)31-10-28-16)2-3-12(13)30-15-7-14(19(20,21)22)24-8-25-15/h2-3,6-10H,4-5H2,1H3,(H,23,26,27). The minimum atomic E-state index is -4.59. The van der Waals surface area contributed by atoms with Crippen LogP contribution in [0.5, 0.6) is 17.4 Å². The second-order valence-electron chi connectivity index (χ2n) is 6.23. The monoisotopic (exact) mass is 448 g/mol. The van der Waals surface area contributed by atoms with Crippen molar-refractivity contribution >= 4 is 27.5 Å². The van der Waals surface area contributed by atoms with Crippen molar-refractivity contribution in [3.63, 3.8) is 0 Å². The number of thiazole rings is 1. The lowest BCUT2D eigenvalue weighted by atomic mass is 10.1. The fraction of sp³-hybridized carbons (Fsp3) is 0.211. The van der Waals surface area contributed by atoms with Crippen molar-refractivity contribution in [1.82, 2.24) is 24.9 Å². The maximum atomic E-state index is 12.8. The van der Waals surface area contributed by atoms with Crippen LogP contribution in [0.2, 0.25) is 0 Å². The molecule has 0 saturated carbocycles. The van der Waals surface area contributed by atoms with Gasteiger partial charge in [0.15, 0.2) is 23.0 Å². The summed E-state index contributed by atoms with van der Waals surface area (Å²) in [7, 11) is 1.45. The molecule has 1 N–H and O–H groups in total. The maximum Gasteiger partial charge on any atom is 0.433 e. The molecule has 4 aromatic rings. The Bertz CT molecular complexity index is 1200. The molecular formula is C19H15F3N6O2S. The van der Waals surface area contributed by atoms with Gasteiger partial charge in [0.25, 0.3) is 0 Å². The van der Waals surface area contributed by atoms with Crippen molar-refractivity contribution in [2.24, 2.45) is 0 Å². The third kappa shape index (κ3) is 4.79. The molecule has 0 bridgehead atoms. The average Bonchev–Trinajstić information content (AvgIpc) is 3.24. The molecule has 31 heavy (non-hydrogen) atoms. The Labute approximate surface area is 178 Å². The minimum Gasteiger partial charge on any atom is -0.493 e. The van der Waals surface area contributed by atoms with Gasteiger partial charge in [-0.3, -0.25) is 0 Å². The molecule has 0 aliphatic rings. The van der Waals surface area contributed by atoms with Crippen molar-refractivity contribution in [3.05, 3.63) is 53.7 Å². The smallest absolute Gasteiger partial charge is 0.433 e. The van der Waals surface area contributed by atoms with Gasteiger partial charge in [0.2, 0.25) is 5.88 Å². The van der Waals surface area contributed by atoms with Gasteiger partial charge in [0, 0.05) is 12.6 Å². The number of benzene rings is 1. The molecule has 160 valence electrons. The summed E-state index contributed by atoms with van der Waals surface area (Å²) in [5.41, 5.74) is 2.28. The number of ether oxygens (including phenoxy) is 2. The summed E-state index contributed by atoms with van der Waals surface area (Å²) < 4.78 is 49.3. The zero-order valence-corrected chi connectivity index (χ0v) is 16.9. The Balaban J connectivity index is 1.44. The van der Waals surface area contributed by atoms with Gasteiger partial charge in [-0.25, -0.2) is 24.9 Å². The van der Waals surface area contributed by atoms with Gasteiger partial charge in [-0.1, -0.05) is 6.07 Å². The van der Waals surface area contributed by atoms with E-state index in [2.05, 4.69) is 30.2 Å². The third-order valence-corrected chi connectivity index (χ3v) is 4.95. The predicted molar refractivity (Wildman–Crippen MR) is 108 cm³/mol. The summed E-state index contributed by atoms with van der Waals surface area (Å²) in [4.78, 5) is 20.4. The van der Waals surface area contributed by atoms with Crippen molar-refractivity contribution in [2.75, 3.05) is 19.0 Å². The number of methoxy groups -OCH3 is 1. The minimum absolute atomic E-state index is 0.230. The highest BCUT2D eigenvalue weighted by molar-refractivity contribution is 7.16. The molecule has 0 unspecified atom stereocenters. The van der Waals surface area contributed by atoms with Crippen LogP contribution in [-0.2, 0) is 12.6 Å². The molecule has 0 fully saturated rings. The number of hydrogen-bond donors (Lipinski definition) is 1. The number of anilines is 1. The third-order valence-electron chi connectivity index (χ3n) is 4.22. The van der Waals surface area contributed by atoms with E-state index in [1.54, 1.807) is 23.7 Å². The van der Waals surface area contributed by atoms with E-state index in [-0.39, 0.29) is 11.6 Å². The van der Waals surface area contributed by atoms with E-state index in [0.717, 1.165) is 28.3 Å². The average molecular weight is 448 g/mol. The summed E-state index contributed by atoms with van der Waals surface area (Å²) >= 11 is 1.44. The first-order valence-electron chi connectivity index (χ1n) is 8.96. The van der Waals surface area contributed by atoms with Gasteiger partial charge in [0.05, 0.1) is 12.6 Å². The van der Waals surface area contributed by atoms with Crippen LogP contribution in [0.1, 0.15) is 11.3 Å². The van der Waals surface area contributed by atoms with Crippen molar-refractivity contribution in [3.8, 4) is 17.4 Å². The maximum absolute atomic E-state index is 12.8. The topological polar surface area (TPSA) is 94.9 Å². The number of aromatic nitrogens is 5. The van der Waals surface area contributed by atoms with Gasteiger partial charge in [0.1, 0.15) is 23.0 Å². The van der Waals surface area contributed by atoms with Gasteiger partial charge in [-0.05, 0) is 24.1 Å². The van der Waals surface area contributed by atoms with Crippen molar-refractivity contribution in [2.45, 2.75) is 12.6 Å². The molecule has 12 heteroatoms. The van der Waals surface area contributed by atoms with Gasteiger partial charge >= 0.3 is 6.18 Å². The van der Waals surface area contributed by atoms with Crippen LogP contribution in [-0.4, -0.2) is 38.6 Å². The van der Waals surface area contributed by atoms with Crippen LogP contribution in [0.15, 0.2) is 42.4 Å². The van der Waals surface area contributed by atoms with E-state index < -0.39 is 11.9 Å². The normalized spacial score (nSPS) is 11.5. The molecule has 0 aliphatic carbocycles. The zero-order chi connectivity index (χ0) is 21.8. The van der Waals surface area contributed by atoms with Crippen LogP contribution >= 0.6 is 11.3 Å². The van der Waals surface area contributed by atoms with Gasteiger partial charge < -0.3 is 14.8 Å². The van der Waals surface area contributed by atoms with Crippen molar-refractivity contribution in [1.29, 1.82) is 0 Å². The Morgan fingerprint density at radius 3 is 2.65 bits per heavy atom. The molecule has 0 amide bonds. The van der Waals surface area contributed by atoms with Gasteiger partial charge in [-0.15, -0.1) is 11.3 Å². The first-order valence-corrected chi connectivity index (χ1v) is 9.84. The quantitative estimate of drug-likeness (QED) is 0.446. The lowest BCUT2D eigenvalue weighted by Gasteiger charge is -2.13. The highest BCUT2D eigenvalue weighted by atomic mass is 32.1. The molecule has 8 nitrogen and oxygen atoms in total. The summed E-state index contributed by atoms with van der Waals surface area (Å²) in [6, 6.07) is 5.90. The van der Waals surface area contributed by atoms with Crippen LogP contribution < -0.4 is 14.8 Å². The summed E-state index contributed by atoms with van der Waals surface area (Å²) in [5.74, 6) is 1.04. The number of fused-ring (bicyclic) bond motifs is 1. The molecule has 4 rings (SSSR count). The second kappa shape index (κ2) is 8.68. The summed E-state index contributed by atoms with van der Waals surface area (Å²) in [6.07, 6.45) is -1.67. The molecule has 0 atom stereocenters. The fourth-order valence-electron chi connectivity index (χ4n) is 2.76. The van der Waals surface area contributed by atoms with Crippen LogP contribution in [0, 0.1) is 0 Å². The van der Waals surface area contributed by atoms with Crippen LogP contribution in [0.4, 0.5) is 19.0 Å². The summed E-state index contributed by atoms with van der Waals surface area (Å²) in [6.45, 7) is 0.577. The van der Waals surface area contributed by atoms with Gasteiger partial charge in [-0.2, -0.15) is 13.2 Å². The summed E-state index contributed by atoms with van der Waals surface area (Å²) in [5, 5.41) is 3.23. The Morgan fingerprint density at radius 1 is 1.00 bits per heavy atom. The largest absolute Gasteiger partial charge is 0.493 e. The number of nitrogens with one attached hydrogen (secondary N) is 1. The second-order valence-corrected chi connectivity index (χ2v) is 7.06. The predicted octanol–water partition coefficient (Wildman–Crippen LogP) is 4.35. The van der Waals surface area contributed by atoms with E-state index in [1.807, 2.05) is 0 Å². The lowest BCUT2D eigenvalue weighted by Crippen LogP contribution is -2.08. The highest BCUT2D eigenvalue weighted by Crippen LogP contribution is 2.34. The van der Waals surface area contributed by atoms with E-state index >= 15 is 0 Å². The molecule has 0 aliphatic heterocycles. The molecule has 1 aromatic carbocycles. The highest BCUT2D eigenvalue weighted by Gasteiger charge is 2.33. The SMILES string of the molecule is COc1cc(CCNc2ncnc3scnc23)ccc1Oc1cc(C(F)(F)F)ncn1. The number of halogens is 3. The Hall–Kier alpha value is -3.54. The zero-order valence-electron chi connectivity index (χ0n) is 16.1. The molecule has 0 saturated heterocycles. The molecule has 3 heterocycles. The number of alkyl halides is 3. The van der Waals surface area contributed by atoms with E-state index in [4.69, 9.17) is 9.47 Å². The molecule has 0 radical (unpaired) electrons. The Morgan fingerprint density at radius 2 is 1.84 bits per heavy atom. The first kappa shape index (κ1) is 20.7. The van der Waals surface area contributed by atoms with Crippen LogP contribution in [0.25, 0.3) is 10.3 Å². The number of hydrogen-bond acceptors (Lipinski definition) is 9. The molecule has 0 spiro atoms. The molecule has 3 aromatic heterocycles. The number of rotatable bonds is 7. The lowest BCUT2D eigenvalue weighted by molar-refractivity contribution is -0.141. The van der Waals surface area contributed by atoms with E-state index in [0.29, 0.717) is 24.5 Å². The molecular weight excluding hydrogens is 433 g/mol. The fourth-order valence-corrected chi connectivity index (χ4v) is 3.39. The van der Waals surface area contributed by atoms with E-state index in [1.165, 1.54) is 24.8 Å². The Kier molecular flexibility index (Phi) is 5.80. The first-order chi connectivity index (χ1) is 14.9. The van der Waals surface area contributed by atoms with Crippen LogP contribution in [0.3, 0.4) is 0 Å².